The largest absolute Gasteiger partial charge is 0.367 e. The average molecular weight is 454 g/mol. The molecule has 1 heterocycles. The van der Waals surface area contributed by atoms with E-state index in [2.05, 4.69) is 10.0 Å². The van der Waals surface area contributed by atoms with Gasteiger partial charge in [0.05, 0.1) is 4.90 Å². The van der Waals surface area contributed by atoms with Gasteiger partial charge in [0.15, 0.2) is 0 Å². The molecule has 2 aliphatic rings. The summed E-state index contributed by atoms with van der Waals surface area (Å²) in [5.74, 6) is -1.17. The number of Topliss-reactive ketones (excluding diaryl/α,β-unsaturated/α-hetero) is 2. The minimum absolute atomic E-state index is 0.0868. The number of piperidine rings is 1. The van der Waals surface area contributed by atoms with Crippen LogP contribution in [-0.4, -0.2) is 43.9 Å². The maximum absolute atomic E-state index is 13.3. The zero-order valence-electron chi connectivity index (χ0n) is 17.6. The number of benzene rings is 2. The van der Waals surface area contributed by atoms with Crippen LogP contribution in [0.5, 0.6) is 0 Å². The second kappa shape index (κ2) is 8.58. The predicted molar refractivity (Wildman–Crippen MR) is 119 cm³/mol. The van der Waals surface area contributed by atoms with Crippen LogP contribution in [0.4, 0.5) is 5.69 Å². The molecular weight excluding hydrogens is 430 g/mol. The van der Waals surface area contributed by atoms with Crippen molar-refractivity contribution in [1.29, 1.82) is 0 Å². The summed E-state index contributed by atoms with van der Waals surface area (Å²) in [5, 5.41) is 2.57. The van der Waals surface area contributed by atoms with Gasteiger partial charge in [-0.1, -0.05) is 24.3 Å². The van der Waals surface area contributed by atoms with Crippen LogP contribution in [0.1, 0.15) is 46.9 Å². The first-order valence-electron chi connectivity index (χ1n) is 10.4. The van der Waals surface area contributed by atoms with Crippen LogP contribution in [0.15, 0.2) is 64.8 Å². The third-order valence-corrected chi connectivity index (χ3v) is 6.85. The molecule has 2 N–H and O–H groups in total. The number of nitrogens with one attached hydrogen (secondary N) is 2. The molecule has 1 fully saturated rings. The molecule has 166 valence electrons. The highest BCUT2D eigenvalue weighted by Crippen LogP contribution is 2.30. The monoisotopic (exact) mass is 453 g/mol. The van der Waals surface area contributed by atoms with Crippen molar-refractivity contribution < 1.29 is 22.8 Å². The lowest BCUT2D eigenvalue weighted by Crippen LogP contribution is -2.42. The first-order chi connectivity index (χ1) is 15.3. The van der Waals surface area contributed by atoms with Gasteiger partial charge in [0.1, 0.15) is 11.4 Å². The van der Waals surface area contributed by atoms with E-state index in [1.54, 1.807) is 23.1 Å². The van der Waals surface area contributed by atoms with E-state index in [1.165, 1.54) is 37.3 Å². The number of hydrogen-bond acceptors (Lipinski definition) is 6. The molecule has 0 spiro atoms. The molecule has 0 atom stereocenters. The lowest BCUT2D eigenvalue weighted by atomic mass is 9.89. The summed E-state index contributed by atoms with van der Waals surface area (Å²) in [6, 6.07) is 12.0. The third-order valence-electron chi connectivity index (χ3n) is 5.49. The van der Waals surface area contributed by atoms with Crippen LogP contribution in [-0.2, 0) is 14.8 Å². The van der Waals surface area contributed by atoms with Gasteiger partial charge in [-0.25, -0.2) is 8.42 Å². The van der Waals surface area contributed by atoms with Gasteiger partial charge in [0.2, 0.25) is 17.5 Å². The van der Waals surface area contributed by atoms with Crippen molar-refractivity contribution >= 4 is 33.2 Å². The summed E-state index contributed by atoms with van der Waals surface area (Å²) in [7, 11) is -4.16. The van der Waals surface area contributed by atoms with Crippen molar-refractivity contribution in [2.45, 2.75) is 31.1 Å². The molecule has 1 saturated heterocycles. The Kier molecular flexibility index (Phi) is 5.84. The molecule has 8 nitrogen and oxygen atoms in total. The number of fused-ring (bicyclic) bond motifs is 1. The van der Waals surface area contributed by atoms with E-state index in [-0.39, 0.29) is 39.1 Å². The predicted octanol–water partition coefficient (Wildman–Crippen LogP) is 2.70. The van der Waals surface area contributed by atoms with Gasteiger partial charge in [-0.05, 0) is 43.5 Å². The Hall–Kier alpha value is -3.46. The normalized spacial score (nSPS) is 16.6. The van der Waals surface area contributed by atoms with Gasteiger partial charge in [0, 0.05) is 36.8 Å². The van der Waals surface area contributed by atoms with E-state index in [9.17, 15) is 22.8 Å². The molecule has 1 amide bonds. The molecule has 32 heavy (non-hydrogen) atoms. The Morgan fingerprint density at radius 3 is 2.06 bits per heavy atom. The highest BCUT2D eigenvalue weighted by atomic mass is 32.2. The SMILES string of the molecule is CC(=O)Nc1ccc(S(=O)(=O)NC2=C(N3CCCCC3)C(=O)c3ccccc3C2=O)cc1. The van der Waals surface area contributed by atoms with E-state index >= 15 is 0 Å². The number of sulfonamides is 1. The van der Waals surface area contributed by atoms with Gasteiger partial charge >= 0.3 is 0 Å². The molecule has 2 aromatic carbocycles. The van der Waals surface area contributed by atoms with Crippen LogP contribution in [0.2, 0.25) is 0 Å². The van der Waals surface area contributed by atoms with E-state index < -0.39 is 15.8 Å². The molecule has 0 bridgehead atoms. The molecule has 0 saturated carbocycles. The Morgan fingerprint density at radius 2 is 1.47 bits per heavy atom. The van der Waals surface area contributed by atoms with Gasteiger partial charge < -0.3 is 10.2 Å². The van der Waals surface area contributed by atoms with Crippen LogP contribution >= 0.6 is 0 Å². The number of ketones is 2. The molecule has 0 unspecified atom stereocenters. The Bertz CT molecular complexity index is 1230. The molecule has 9 heteroatoms. The zero-order valence-corrected chi connectivity index (χ0v) is 18.4. The summed E-state index contributed by atoms with van der Waals surface area (Å²) in [6.45, 7) is 2.50. The molecule has 2 aromatic rings. The second-order valence-corrected chi connectivity index (χ2v) is 9.47. The fourth-order valence-electron chi connectivity index (χ4n) is 3.99. The van der Waals surface area contributed by atoms with Gasteiger partial charge in [-0.2, -0.15) is 0 Å². The van der Waals surface area contributed by atoms with Crippen LogP contribution < -0.4 is 10.0 Å². The molecule has 0 radical (unpaired) electrons. The van der Waals surface area contributed by atoms with Gasteiger partial charge in [-0.3, -0.25) is 19.1 Å². The smallest absolute Gasteiger partial charge is 0.262 e. The fraction of sp³-hybridized carbons (Fsp3) is 0.261. The number of allylic oxidation sites excluding steroid dienone is 2. The number of nitrogens with zero attached hydrogens (tertiary/aromatic N) is 1. The quantitative estimate of drug-likeness (QED) is 0.720. The number of likely N-dealkylation sites (tertiary alicyclic amines) is 1. The van der Waals surface area contributed by atoms with Crippen molar-refractivity contribution in [1.82, 2.24) is 9.62 Å². The maximum Gasteiger partial charge on any atom is 0.262 e. The number of hydrogen-bond donors (Lipinski definition) is 2. The highest BCUT2D eigenvalue weighted by Gasteiger charge is 2.37. The van der Waals surface area contributed by atoms with Crippen LogP contribution in [0, 0.1) is 0 Å². The first-order valence-corrected chi connectivity index (χ1v) is 11.8. The first kappa shape index (κ1) is 21.8. The fourth-order valence-corrected chi connectivity index (χ4v) is 5.06. The second-order valence-electron chi connectivity index (χ2n) is 7.79. The summed E-state index contributed by atoms with van der Waals surface area (Å²) in [5.41, 5.74) is 0.786. The molecule has 4 rings (SSSR count). The minimum atomic E-state index is -4.16. The standard InChI is InChI=1S/C23H23N3O5S/c1-15(27)24-16-9-11-17(12-10-16)32(30,31)25-20-21(26-13-5-2-6-14-26)23(29)19-8-4-3-7-18(19)22(20)28/h3-4,7-12,25H,2,5-6,13-14H2,1H3,(H,24,27). The van der Waals surface area contributed by atoms with Crippen LogP contribution in [0.3, 0.4) is 0 Å². The highest BCUT2D eigenvalue weighted by molar-refractivity contribution is 7.89. The zero-order chi connectivity index (χ0) is 22.9. The topological polar surface area (TPSA) is 113 Å². The average Bonchev–Trinajstić information content (AvgIpc) is 2.78. The summed E-state index contributed by atoms with van der Waals surface area (Å²) < 4.78 is 28.6. The van der Waals surface area contributed by atoms with Gasteiger partial charge in [0.25, 0.3) is 10.0 Å². The number of anilines is 1. The lowest BCUT2D eigenvalue weighted by Gasteiger charge is -2.34. The summed E-state index contributed by atoms with van der Waals surface area (Å²) >= 11 is 0. The number of carbonyl (C=O) groups excluding carboxylic acids is 3. The van der Waals surface area contributed by atoms with Crippen LogP contribution in [0.25, 0.3) is 0 Å². The van der Waals surface area contributed by atoms with E-state index in [1.807, 2.05) is 0 Å². The van der Waals surface area contributed by atoms with Crippen molar-refractivity contribution in [2.24, 2.45) is 0 Å². The van der Waals surface area contributed by atoms with E-state index in [0.717, 1.165) is 19.3 Å². The van der Waals surface area contributed by atoms with Crippen molar-refractivity contribution in [3.63, 3.8) is 0 Å². The van der Waals surface area contributed by atoms with Crippen molar-refractivity contribution in [3.05, 3.63) is 71.1 Å². The number of amides is 1. The summed E-state index contributed by atoms with van der Waals surface area (Å²) in [6.07, 6.45) is 2.73. The Balaban J connectivity index is 1.75. The molecule has 1 aliphatic heterocycles. The number of carbonyl (C=O) groups is 3. The number of rotatable bonds is 5. The van der Waals surface area contributed by atoms with Gasteiger partial charge in [-0.15, -0.1) is 0 Å². The molecular formula is C23H23N3O5S. The Morgan fingerprint density at radius 1 is 0.875 bits per heavy atom. The third kappa shape index (κ3) is 4.16. The van der Waals surface area contributed by atoms with E-state index in [4.69, 9.17) is 0 Å². The summed E-state index contributed by atoms with van der Waals surface area (Å²) in [4.78, 5) is 39.5. The van der Waals surface area contributed by atoms with E-state index in [0.29, 0.717) is 18.8 Å². The molecule has 0 aromatic heterocycles. The maximum atomic E-state index is 13.3. The van der Waals surface area contributed by atoms with Crippen molar-refractivity contribution in [3.8, 4) is 0 Å². The molecule has 1 aliphatic carbocycles. The lowest BCUT2D eigenvalue weighted by molar-refractivity contribution is -0.114. The minimum Gasteiger partial charge on any atom is -0.367 e. The Labute approximate surface area is 186 Å². The van der Waals surface area contributed by atoms with Crippen molar-refractivity contribution in [2.75, 3.05) is 18.4 Å².